The Morgan fingerprint density at radius 2 is 1.79 bits per heavy atom. The van der Waals surface area contributed by atoms with Crippen LogP contribution in [0.2, 0.25) is 0 Å². The molecule has 5 heteroatoms. The van der Waals surface area contributed by atoms with Crippen LogP contribution in [0.25, 0.3) is 10.8 Å². The zero-order valence-corrected chi connectivity index (χ0v) is 14.9. The van der Waals surface area contributed by atoms with Gasteiger partial charge in [0.05, 0.1) is 5.75 Å². The topological polar surface area (TPSA) is 49.4 Å². The third-order valence-corrected chi connectivity index (χ3v) is 5.41. The molecular formula is C19H22N2O2S. The smallest absolute Gasteiger partial charge is 0.282 e. The number of nitrogens with one attached hydrogen (secondary N) is 1. The van der Waals surface area contributed by atoms with Gasteiger partial charge in [-0.1, -0.05) is 36.0 Å². The van der Waals surface area contributed by atoms with Gasteiger partial charge in [0.25, 0.3) is 5.24 Å². The molecule has 2 aromatic carbocycles. The quantitative estimate of drug-likeness (QED) is 0.891. The first-order valence-corrected chi connectivity index (χ1v) is 9.37. The van der Waals surface area contributed by atoms with Gasteiger partial charge in [0.2, 0.25) is 5.91 Å². The lowest BCUT2D eigenvalue weighted by atomic mass is 10.0. The Morgan fingerprint density at radius 3 is 2.50 bits per heavy atom. The molecule has 2 amide bonds. The molecule has 0 fully saturated rings. The summed E-state index contributed by atoms with van der Waals surface area (Å²) in [5.74, 6) is -0.00245. The number of benzene rings is 2. The Balaban J connectivity index is 1.70. The molecule has 0 atom stereocenters. The molecule has 0 saturated heterocycles. The number of rotatable bonds is 5. The highest BCUT2D eigenvalue weighted by atomic mass is 32.2. The molecule has 0 unspecified atom stereocenters. The Hall–Kier alpha value is -2.01. The molecule has 0 aromatic heterocycles. The predicted octanol–water partition coefficient (Wildman–Crippen LogP) is 4.07. The fraction of sp³-hybridized carbons (Fsp3) is 0.368. The number of anilines is 1. The minimum Gasteiger partial charge on any atom is -0.334 e. The monoisotopic (exact) mass is 342 g/mol. The summed E-state index contributed by atoms with van der Waals surface area (Å²) in [5, 5.41) is 5.29. The lowest BCUT2D eigenvalue weighted by molar-refractivity contribution is -0.113. The van der Waals surface area contributed by atoms with Crippen molar-refractivity contribution in [3.8, 4) is 0 Å². The third kappa shape index (κ3) is 3.26. The normalized spacial score (nSPS) is 12.4. The molecule has 0 aliphatic heterocycles. The van der Waals surface area contributed by atoms with Gasteiger partial charge in [0.1, 0.15) is 0 Å². The standard InChI is InChI=1S/C19H22N2O2S/c1-3-21(4-2)19(23)24-12-17(22)20-16-11-10-14-9-8-13-6-5-7-15(16)18(13)14/h5-7,10-11H,3-4,8-9,12H2,1-2H3,(H,20,22). The maximum absolute atomic E-state index is 12.2. The second-order valence-corrected chi connectivity index (χ2v) is 6.81. The minimum atomic E-state index is -0.140. The Labute approximate surface area is 146 Å². The van der Waals surface area contributed by atoms with Crippen LogP contribution in [0.15, 0.2) is 30.3 Å². The highest BCUT2D eigenvalue weighted by molar-refractivity contribution is 8.14. The molecule has 24 heavy (non-hydrogen) atoms. The van der Waals surface area contributed by atoms with Gasteiger partial charge >= 0.3 is 0 Å². The molecule has 126 valence electrons. The summed E-state index contributed by atoms with van der Waals surface area (Å²) in [7, 11) is 0. The van der Waals surface area contributed by atoms with E-state index < -0.39 is 0 Å². The van der Waals surface area contributed by atoms with Crippen molar-refractivity contribution in [3.05, 3.63) is 41.5 Å². The number of thioether (sulfide) groups is 1. The molecule has 0 radical (unpaired) electrons. The summed E-state index contributed by atoms with van der Waals surface area (Å²) in [6.07, 6.45) is 2.14. The second kappa shape index (κ2) is 7.26. The number of carbonyl (C=O) groups excluding carboxylic acids is 2. The predicted molar refractivity (Wildman–Crippen MR) is 101 cm³/mol. The summed E-state index contributed by atoms with van der Waals surface area (Å²) >= 11 is 1.06. The van der Waals surface area contributed by atoms with E-state index in [9.17, 15) is 9.59 Å². The highest BCUT2D eigenvalue weighted by Crippen LogP contribution is 2.35. The van der Waals surface area contributed by atoms with Crippen LogP contribution in [-0.4, -0.2) is 34.9 Å². The van der Waals surface area contributed by atoms with Crippen molar-refractivity contribution in [2.75, 3.05) is 24.2 Å². The van der Waals surface area contributed by atoms with E-state index in [-0.39, 0.29) is 16.9 Å². The summed E-state index contributed by atoms with van der Waals surface area (Å²) in [5.41, 5.74) is 3.53. The number of carbonyl (C=O) groups is 2. The number of hydrogen-bond donors (Lipinski definition) is 1. The maximum atomic E-state index is 12.2. The molecule has 1 aliphatic rings. The van der Waals surface area contributed by atoms with Crippen LogP contribution >= 0.6 is 11.8 Å². The lowest BCUT2D eigenvalue weighted by Gasteiger charge is -2.17. The molecule has 1 aliphatic carbocycles. The van der Waals surface area contributed by atoms with Crippen LogP contribution in [0.3, 0.4) is 0 Å². The van der Waals surface area contributed by atoms with Crippen molar-refractivity contribution in [1.82, 2.24) is 4.90 Å². The Morgan fingerprint density at radius 1 is 1.08 bits per heavy atom. The van der Waals surface area contributed by atoms with Gasteiger partial charge in [-0.05, 0) is 49.3 Å². The molecule has 0 heterocycles. The van der Waals surface area contributed by atoms with Crippen molar-refractivity contribution in [1.29, 1.82) is 0 Å². The zero-order valence-electron chi connectivity index (χ0n) is 14.1. The van der Waals surface area contributed by atoms with Gasteiger partial charge in [0.15, 0.2) is 0 Å². The van der Waals surface area contributed by atoms with Crippen LogP contribution in [-0.2, 0) is 17.6 Å². The third-order valence-electron chi connectivity index (χ3n) is 4.50. The maximum Gasteiger partial charge on any atom is 0.282 e. The SMILES string of the molecule is CCN(CC)C(=O)SCC(=O)Nc1ccc2c3c(cccc13)CC2. The van der Waals surface area contributed by atoms with E-state index in [0.29, 0.717) is 13.1 Å². The summed E-state index contributed by atoms with van der Waals surface area (Å²) in [4.78, 5) is 25.9. The molecule has 0 saturated carbocycles. The minimum absolute atomic E-state index is 0.0458. The summed E-state index contributed by atoms with van der Waals surface area (Å²) in [6, 6.07) is 10.3. The van der Waals surface area contributed by atoms with Gasteiger partial charge in [-0.15, -0.1) is 0 Å². The molecule has 1 N–H and O–H groups in total. The zero-order chi connectivity index (χ0) is 17.1. The van der Waals surface area contributed by atoms with E-state index in [4.69, 9.17) is 0 Å². The van der Waals surface area contributed by atoms with E-state index in [1.807, 2.05) is 26.0 Å². The number of amides is 2. The average Bonchev–Trinajstić information content (AvgIpc) is 3.01. The number of aryl methyl sites for hydroxylation is 2. The first-order valence-electron chi connectivity index (χ1n) is 8.39. The summed E-state index contributed by atoms with van der Waals surface area (Å²) < 4.78 is 0. The van der Waals surface area contributed by atoms with E-state index in [2.05, 4.69) is 23.5 Å². The molecule has 0 spiro atoms. The molecule has 0 bridgehead atoms. The van der Waals surface area contributed by atoms with Crippen molar-refractivity contribution in [2.45, 2.75) is 26.7 Å². The Bertz CT molecular complexity index is 774. The van der Waals surface area contributed by atoms with Crippen LogP contribution in [0, 0.1) is 0 Å². The fourth-order valence-corrected chi connectivity index (χ4v) is 4.01. The molecular weight excluding hydrogens is 320 g/mol. The van der Waals surface area contributed by atoms with Crippen molar-refractivity contribution in [2.24, 2.45) is 0 Å². The fourth-order valence-electron chi connectivity index (χ4n) is 3.24. The van der Waals surface area contributed by atoms with Crippen molar-refractivity contribution in [3.63, 3.8) is 0 Å². The second-order valence-electron chi connectivity index (χ2n) is 5.89. The van der Waals surface area contributed by atoms with Crippen LogP contribution in [0.5, 0.6) is 0 Å². The van der Waals surface area contributed by atoms with Gasteiger partial charge < -0.3 is 10.2 Å². The van der Waals surface area contributed by atoms with Crippen LogP contribution < -0.4 is 5.32 Å². The molecule has 2 aromatic rings. The van der Waals surface area contributed by atoms with Gasteiger partial charge in [0, 0.05) is 24.2 Å². The van der Waals surface area contributed by atoms with Gasteiger partial charge in [-0.25, -0.2) is 0 Å². The largest absolute Gasteiger partial charge is 0.334 e. The highest BCUT2D eigenvalue weighted by Gasteiger charge is 2.17. The number of hydrogen-bond acceptors (Lipinski definition) is 3. The first-order chi connectivity index (χ1) is 11.6. The van der Waals surface area contributed by atoms with Crippen LogP contribution in [0.1, 0.15) is 25.0 Å². The lowest BCUT2D eigenvalue weighted by Crippen LogP contribution is -2.28. The number of nitrogens with zero attached hydrogens (tertiary/aromatic N) is 1. The van der Waals surface area contributed by atoms with Crippen molar-refractivity contribution < 1.29 is 9.59 Å². The van der Waals surface area contributed by atoms with E-state index in [1.165, 1.54) is 16.5 Å². The molecule has 3 rings (SSSR count). The average molecular weight is 342 g/mol. The van der Waals surface area contributed by atoms with Crippen LogP contribution in [0.4, 0.5) is 10.5 Å². The van der Waals surface area contributed by atoms with Crippen molar-refractivity contribution >= 4 is 39.4 Å². The molecule has 4 nitrogen and oxygen atoms in total. The van der Waals surface area contributed by atoms with Gasteiger partial charge in [-0.3, -0.25) is 9.59 Å². The van der Waals surface area contributed by atoms with E-state index in [0.717, 1.165) is 35.7 Å². The first kappa shape index (κ1) is 16.8. The van der Waals surface area contributed by atoms with Gasteiger partial charge in [-0.2, -0.15) is 0 Å². The Kier molecular flexibility index (Phi) is 5.09. The summed E-state index contributed by atoms with van der Waals surface area (Å²) in [6.45, 7) is 5.21. The van der Waals surface area contributed by atoms with E-state index in [1.54, 1.807) is 4.90 Å². The van der Waals surface area contributed by atoms with E-state index >= 15 is 0 Å².